The van der Waals surface area contributed by atoms with Gasteiger partial charge in [-0.15, -0.1) is 0 Å². The van der Waals surface area contributed by atoms with Crippen LogP contribution in [0.2, 0.25) is 0 Å². The highest BCUT2D eigenvalue weighted by atomic mass is 19.4. The van der Waals surface area contributed by atoms with Crippen molar-refractivity contribution in [2.24, 2.45) is 17.3 Å². The number of carbonyl (C=O) groups is 1. The number of amides is 1. The normalized spacial score (nSPS) is 31.5. The molecule has 0 N–H and O–H groups in total. The topological polar surface area (TPSA) is 29.5 Å². The number of alkyl halides is 6. The van der Waals surface area contributed by atoms with Gasteiger partial charge < -0.3 is 9.64 Å². The highest BCUT2D eigenvalue weighted by molar-refractivity contribution is 5.73. The Balaban J connectivity index is 1.65. The summed E-state index contributed by atoms with van der Waals surface area (Å²) in [6.45, 7) is 5.39. The van der Waals surface area contributed by atoms with E-state index in [0.29, 0.717) is 25.9 Å². The van der Waals surface area contributed by atoms with Gasteiger partial charge in [-0.05, 0) is 61.8 Å². The number of ether oxygens (including phenoxy) is 1. The van der Waals surface area contributed by atoms with Crippen LogP contribution >= 0.6 is 0 Å². The molecule has 1 heterocycles. The molecule has 1 aliphatic heterocycles. The van der Waals surface area contributed by atoms with Crippen LogP contribution in [0.15, 0.2) is 47.6 Å². The van der Waals surface area contributed by atoms with Crippen LogP contribution < -0.4 is 0 Å². The van der Waals surface area contributed by atoms with Gasteiger partial charge in [-0.2, -0.15) is 26.3 Å². The van der Waals surface area contributed by atoms with E-state index in [2.05, 4.69) is 0 Å². The highest BCUT2D eigenvalue weighted by Crippen LogP contribution is 2.50. The molecule has 3 aliphatic rings. The molecular formula is C27H30F7NO2. The van der Waals surface area contributed by atoms with Crippen LogP contribution in [-0.2, 0) is 9.53 Å². The van der Waals surface area contributed by atoms with Gasteiger partial charge in [0.15, 0.2) is 0 Å². The minimum Gasteiger partial charge on any atom is -0.374 e. The summed E-state index contributed by atoms with van der Waals surface area (Å²) in [6.07, 6.45) is -9.74. The fourth-order valence-corrected chi connectivity index (χ4v) is 6.12. The Bertz CT molecular complexity index is 1080. The van der Waals surface area contributed by atoms with Crippen molar-refractivity contribution in [3.63, 3.8) is 0 Å². The molecule has 0 spiro atoms. The van der Waals surface area contributed by atoms with Crippen LogP contribution in [0.4, 0.5) is 30.7 Å². The van der Waals surface area contributed by atoms with Crippen LogP contribution in [0.25, 0.3) is 0 Å². The van der Waals surface area contributed by atoms with E-state index in [1.54, 1.807) is 17.0 Å². The first-order chi connectivity index (χ1) is 17.1. The minimum atomic E-state index is -4.94. The molecule has 0 aromatic heterocycles. The minimum absolute atomic E-state index is 0.0219. The predicted octanol–water partition coefficient (Wildman–Crippen LogP) is 6.96. The van der Waals surface area contributed by atoms with E-state index >= 15 is 0 Å². The summed E-state index contributed by atoms with van der Waals surface area (Å²) in [4.78, 5) is 13.8. The van der Waals surface area contributed by atoms with Gasteiger partial charge in [0.1, 0.15) is 5.82 Å². The Morgan fingerprint density at radius 2 is 1.70 bits per heavy atom. The predicted molar refractivity (Wildman–Crippen MR) is 123 cm³/mol. The van der Waals surface area contributed by atoms with Crippen molar-refractivity contribution >= 4 is 5.91 Å². The molecular weight excluding hydrogens is 503 g/mol. The third-order valence-electron chi connectivity index (χ3n) is 8.26. The summed E-state index contributed by atoms with van der Waals surface area (Å²) in [7, 11) is 0. The molecule has 2 aliphatic carbocycles. The van der Waals surface area contributed by atoms with Gasteiger partial charge in [-0.1, -0.05) is 25.1 Å². The van der Waals surface area contributed by atoms with Gasteiger partial charge in [0.2, 0.25) is 5.91 Å². The lowest BCUT2D eigenvalue weighted by molar-refractivity contribution is -0.128. The van der Waals surface area contributed by atoms with E-state index in [0.717, 1.165) is 11.6 Å². The number of fused-ring (bicyclic) bond motifs is 1. The molecule has 1 amide bonds. The fraction of sp³-hybridized carbons (Fsp3) is 0.593. The smallest absolute Gasteiger partial charge is 0.374 e. The molecule has 1 unspecified atom stereocenters. The Morgan fingerprint density at radius 3 is 2.27 bits per heavy atom. The van der Waals surface area contributed by atoms with E-state index < -0.39 is 53.4 Å². The summed E-state index contributed by atoms with van der Waals surface area (Å²) < 4.78 is 101. The van der Waals surface area contributed by atoms with Gasteiger partial charge in [0.05, 0.1) is 17.8 Å². The van der Waals surface area contributed by atoms with Crippen LogP contribution in [0, 0.1) is 23.1 Å². The Kier molecular flexibility index (Phi) is 7.29. The van der Waals surface area contributed by atoms with Gasteiger partial charge >= 0.3 is 12.4 Å². The molecule has 3 nitrogen and oxygen atoms in total. The van der Waals surface area contributed by atoms with E-state index in [-0.39, 0.29) is 29.7 Å². The van der Waals surface area contributed by atoms with Gasteiger partial charge in [-0.3, -0.25) is 4.79 Å². The largest absolute Gasteiger partial charge is 0.416 e. The summed E-state index contributed by atoms with van der Waals surface area (Å²) in [5.41, 5.74) is -3.37. The van der Waals surface area contributed by atoms with E-state index in [1.807, 2.05) is 0 Å². The lowest BCUT2D eigenvalue weighted by Crippen LogP contribution is -2.43. The quantitative estimate of drug-likeness (QED) is 0.392. The van der Waals surface area contributed by atoms with E-state index in [4.69, 9.17) is 4.74 Å². The molecule has 2 fully saturated rings. The van der Waals surface area contributed by atoms with Crippen molar-refractivity contribution in [3.8, 4) is 0 Å². The lowest BCUT2D eigenvalue weighted by atomic mass is 9.68. The number of benzene rings is 1. The van der Waals surface area contributed by atoms with Crippen molar-refractivity contribution in [1.82, 2.24) is 4.90 Å². The van der Waals surface area contributed by atoms with E-state index in [1.165, 1.54) is 32.9 Å². The van der Waals surface area contributed by atoms with Crippen LogP contribution in [0.5, 0.6) is 0 Å². The monoisotopic (exact) mass is 533 g/mol. The number of carbonyl (C=O) groups excluding carboxylic acids is 1. The first-order valence-electron chi connectivity index (χ1n) is 12.3. The first kappa shape index (κ1) is 27.7. The molecule has 37 heavy (non-hydrogen) atoms. The number of rotatable bonds is 4. The highest BCUT2D eigenvalue weighted by Gasteiger charge is 2.50. The summed E-state index contributed by atoms with van der Waals surface area (Å²) in [5, 5.41) is 0. The maximum Gasteiger partial charge on any atom is 0.416 e. The van der Waals surface area contributed by atoms with Crippen molar-refractivity contribution in [3.05, 3.63) is 58.9 Å². The van der Waals surface area contributed by atoms with Crippen molar-refractivity contribution in [2.45, 2.75) is 70.5 Å². The third-order valence-corrected chi connectivity index (χ3v) is 8.26. The Hall–Kier alpha value is -2.36. The van der Waals surface area contributed by atoms with Crippen LogP contribution in [0.3, 0.4) is 0 Å². The van der Waals surface area contributed by atoms with Gasteiger partial charge in [-0.25, -0.2) is 4.39 Å². The number of hydrogen-bond acceptors (Lipinski definition) is 2. The number of allylic oxidation sites excluding steroid dienone is 3. The molecule has 4 rings (SSSR count). The maximum absolute atomic E-state index is 13.7. The third kappa shape index (κ3) is 5.73. The van der Waals surface area contributed by atoms with Crippen molar-refractivity contribution in [1.29, 1.82) is 0 Å². The van der Waals surface area contributed by atoms with Crippen molar-refractivity contribution < 1.29 is 40.3 Å². The summed E-state index contributed by atoms with van der Waals surface area (Å²) >= 11 is 0. The average Bonchev–Trinajstić information content (AvgIpc) is 3.23. The molecule has 0 bridgehead atoms. The van der Waals surface area contributed by atoms with E-state index in [9.17, 15) is 35.5 Å². The zero-order valence-electron chi connectivity index (χ0n) is 20.8. The number of hydrogen-bond donors (Lipinski definition) is 0. The van der Waals surface area contributed by atoms with Crippen molar-refractivity contribution in [2.75, 3.05) is 13.1 Å². The maximum atomic E-state index is 13.7. The second-order valence-electron chi connectivity index (χ2n) is 10.8. The number of halogens is 7. The molecule has 1 aromatic carbocycles. The molecule has 1 aromatic rings. The fourth-order valence-electron chi connectivity index (χ4n) is 6.12. The van der Waals surface area contributed by atoms with Crippen LogP contribution in [0.1, 0.15) is 51.5 Å². The zero-order chi connectivity index (χ0) is 27.3. The number of likely N-dealkylation sites (tertiary alicyclic amines) is 1. The Morgan fingerprint density at radius 1 is 1.05 bits per heavy atom. The lowest BCUT2D eigenvalue weighted by Gasteiger charge is -2.44. The zero-order valence-corrected chi connectivity index (χ0v) is 20.8. The molecule has 204 valence electrons. The molecule has 1 saturated carbocycles. The first-order valence-corrected chi connectivity index (χ1v) is 12.3. The Labute approximate surface area is 211 Å². The second-order valence-corrected chi connectivity index (χ2v) is 10.8. The number of nitrogens with zero attached hydrogens (tertiary/aromatic N) is 1. The second kappa shape index (κ2) is 9.75. The average molecular weight is 534 g/mol. The molecule has 6 atom stereocenters. The molecule has 0 radical (unpaired) electrons. The molecule has 1 saturated heterocycles. The standard InChI is InChI=1S/C27H30F7NO2/c1-15(25(3)11-19(26(29,30)31)10-20(12-25)27(32,33)34)37-23-9-6-18-13-35(16(2)36)14-22(18)24(23)17-4-7-21(28)8-5-17/h4-5,7-8,10-11,15,18,22-24H,6,9,12-14H2,1-3H3/t15-,18-,22-,23+,24+,25?/m1/s1. The molecule has 10 heteroatoms. The SMILES string of the molecule is CC(=O)N1C[C@H]2CC[C@H](O[C@H](C)C3(C)C=C(C(F)(F)F)C=C(C(F)(F)F)C3)[C@@H](c3ccc(F)cc3)[C@@H]2C1. The van der Waals surface area contributed by atoms with Gasteiger partial charge in [0.25, 0.3) is 0 Å². The van der Waals surface area contributed by atoms with Crippen LogP contribution in [-0.4, -0.2) is 48.5 Å². The van der Waals surface area contributed by atoms with Gasteiger partial charge in [0, 0.05) is 36.9 Å². The summed E-state index contributed by atoms with van der Waals surface area (Å²) in [6, 6.07) is 5.90. The summed E-state index contributed by atoms with van der Waals surface area (Å²) in [5.74, 6) is -0.627.